The summed E-state index contributed by atoms with van der Waals surface area (Å²) in [7, 11) is 1.63. The highest BCUT2D eigenvalue weighted by atomic mass is 32.2. The molecule has 0 atom stereocenters. The van der Waals surface area contributed by atoms with Crippen molar-refractivity contribution >= 4 is 34.2 Å². The topological polar surface area (TPSA) is 68.5 Å². The SMILES string of the molecule is COc1ccc2c(C)cc3nnc(SCC(=O)NCCc4ccc(F)cc4)n3c2c1. The first kappa shape index (κ1) is 20.2. The van der Waals surface area contributed by atoms with Gasteiger partial charge in [-0.05, 0) is 54.8 Å². The number of carbonyl (C=O) groups excluding carboxylic acids is 1. The van der Waals surface area contributed by atoms with Crippen molar-refractivity contribution in [2.45, 2.75) is 18.5 Å². The van der Waals surface area contributed by atoms with Crippen molar-refractivity contribution in [3.8, 4) is 5.75 Å². The molecular formula is C22H21FN4O2S. The largest absolute Gasteiger partial charge is 0.497 e. The highest BCUT2D eigenvalue weighted by Crippen LogP contribution is 2.28. The minimum absolute atomic E-state index is 0.0899. The molecule has 0 aliphatic carbocycles. The molecule has 4 aromatic rings. The van der Waals surface area contributed by atoms with E-state index in [9.17, 15) is 9.18 Å². The van der Waals surface area contributed by atoms with Crippen LogP contribution in [-0.4, -0.2) is 39.9 Å². The number of nitrogens with zero attached hydrogens (tertiary/aromatic N) is 3. The van der Waals surface area contributed by atoms with E-state index in [-0.39, 0.29) is 17.5 Å². The van der Waals surface area contributed by atoms with Gasteiger partial charge in [-0.25, -0.2) is 4.39 Å². The third-order valence-corrected chi connectivity index (χ3v) is 5.79. The molecule has 6 nitrogen and oxygen atoms in total. The molecule has 0 radical (unpaired) electrons. The molecule has 0 spiro atoms. The number of methoxy groups -OCH3 is 1. The molecule has 0 aliphatic rings. The van der Waals surface area contributed by atoms with E-state index in [1.807, 2.05) is 35.6 Å². The van der Waals surface area contributed by atoms with Crippen LogP contribution in [0.3, 0.4) is 0 Å². The first-order valence-electron chi connectivity index (χ1n) is 9.51. The van der Waals surface area contributed by atoms with E-state index in [1.54, 1.807) is 19.2 Å². The zero-order valence-corrected chi connectivity index (χ0v) is 17.5. The van der Waals surface area contributed by atoms with Gasteiger partial charge in [-0.1, -0.05) is 23.9 Å². The summed E-state index contributed by atoms with van der Waals surface area (Å²) in [6.07, 6.45) is 0.647. The Morgan fingerprint density at radius 1 is 1.17 bits per heavy atom. The number of nitrogens with one attached hydrogen (secondary N) is 1. The lowest BCUT2D eigenvalue weighted by Crippen LogP contribution is -2.27. The predicted molar refractivity (Wildman–Crippen MR) is 116 cm³/mol. The van der Waals surface area contributed by atoms with Crippen molar-refractivity contribution in [1.29, 1.82) is 0 Å². The van der Waals surface area contributed by atoms with Crippen molar-refractivity contribution in [3.63, 3.8) is 0 Å². The molecule has 0 aliphatic heterocycles. The van der Waals surface area contributed by atoms with Gasteiger partial charge < -0.3 is 10.1 Å². The quantitative estimate of drug-likeness (QED) is 0.457. The lowest BCUT2D eigenvalue weighted by Gasteiger charge is -2.09. The summed E-state index contributed by atoms with van der Waals surface area (Å²) < 4.78 is 20.3. The van der Waals surface area contributed by atoms with Crippen LogP contribution in [0.4, 0.5) is 4.39 Å². The highest BCUT2D eigenvalue weighted by Gasteiger charge is 2.14. The summed E-state index contributed by atoms with van der Waals surface area (Å²) in [5.74, 6) is 0.620. The Hall–Kier alpha value is -3.13. The van der Waals surface area contributed by atoms with Crippen molar-refractivity contribution in [2.24, 2.45) is 0 Å². The van der Waals surface area contributed by atoms with Crippen LogP contribution < -0.4 is 10.1 Å². The number of carbonyl (C=O) groups is 1. The molecule has 0 saturated carbocycles. The van der Waals surface area contributed by atoms with Crippen molar-refractivity contribution in [2.75, 3.05) is 19.4 Å². The number of fused-ring (bicyclic) bond motifs is 3. The summed E-state index contributed by atoms with van der Waals surface area (Å²) in [4.78, 5) is 12.3. The van der Waals surface area contributed by atoms with Gasteiger partial charge in [-0.15, -0.1) is 10.2 Å². The molecule has 2 heterocycles. The summed E-state index contributed by atoms with van der Waals surface area (Å²) >= 11 is 1.33. The second-order valence-corrected chi connectivity index (χ2v) is 7.84. The molecule has 1 amide bonds. The van der Waals surface area contributed by atoms with Crippen LogP contribution in [0, 0.1) is 12.7 Å². The Kier molecular flexibility index (Phi) is 5.85. The number of hydrogen-bond acceptors (Lipinski definition) is 5. The summed E-state index contributed by atoms with van der Waals surface area (Å²) in [6.45, 7) is 2.52. The summed E-state index contributed by atoms with van der Waals surface area (Å²) in [5, 5.41) is 13.1. The molecule has 30 heavy (non-hydrogen) atoms. The molecule has 0 fully saturated rings. The Balaban J connectivity index is 1.45. The van der Waals surface area contributed by atoms with Crippen LogP contribution in [-0.2, 0) is 11.2 Å². The maximum absolute atomic E-state index is 13.0. The summed E-state index contributed by atoms with van der Waals surface area (Å²) in [5.41, 5.74) is 3.74. The number of aryl methyl sites for hydroxylation is 1. The van der Waals surface area contributed by atoms with Gasteiger partial charge in [0.15, 0.2) is 10.8 Å². The van der Waals surface area contributed by atoms with E-state index >= 15 is 0 Å². The third kappa shape index (κ3) is 4.23. The number of amides is 1. The van der Waals surface area contributed by atoms with Gasteiger partial charge in [0.1, 0.15) is 11.6 Å². The molecule has 0 unspecified atom stereocenters. The van der Waals surface area contributed by atoms with E-state index in [4.69, 9.17) is 4.74 Å². The molecule has 0 bridgehead atoms. The van der Waals surface area contributed by atoms with Crippen molar-refractivity contribution in [3.05, 3.63) is 65.5 Å². The van der Waals surface area contributed by atoms with E-state index in [1.165, 1.54) is 23.9 Å². The number of aromatic nitrogens is 3. The van der Waals surface area contributed by atoms with Gasteiger partial charge in [0, 0.05) is 18.0 Å². The zero-order valence-electron chi connectivity index (χ0n) is 16.7. The van der Waals surface area contributed by atoms with Gasteiger partial charge in [0.25, 0.3) is 0 Å². The van der Waals surface area contributed by atoms with Crippen LogP contribution in [0.1, 0.15) is 11.1 Å². The van der Waals surface area contributed by atoms with Crippen LogP contribution >= 0.6 is 11.8 Å². The second kappa shape index (κ2) is 8.71. The number of thioether (sulfide) groups is 1. The van der Waals surface area contributed by atoms with E-state index < -0.39 is 0 Å². The summed E-state index contributed by atoms with van der Waals surface area (Å²) in [6, 6.07) is 14.2. The van der Waals surface area contributed by atoms with E-state index in [0.717, 1.165) is 33.4 Å². The number of benzene rings is 2. The van der Waals surface area contributed by atoms with Gasteiger partial charge in [0.05, 0.1) is 18.4 Å². The van der Waals surface area contributed by atoms with Crippen LogP contribution in [0.5, 0.6) is 5.75 Å². The normalized spacial score (nSPS) is 11.2. The standard InChI is InChI=1S/C22H21FN4O2S/c1-14-11-20-25-26-22(27(20)19-12-17(29-2)7-8-18(14)19)30-13-21(28)24-10-9-15-3-5-16(23)6-4-15/h3-8,11-12H,9-10,13H2,1-2H3,(H,24,28). The Morgan fingerprint density at radius 2 is 1.97 bits per heavy atom. The molecule has 2 aromatic heterocycles. The first-order valence-corrected chi connectivity index (χ1v) is 10.5. The number of rotatable bonds is 7. The predicted octanol–water partition coefficient (Wildman–Crippen LogP) is 3.79. The maximum Gasteiger partial charge on any atom is 0.230 e. The molecule has 154 valence electrons. The van der Waals surface area contributed by atoms with Crippen LogP contribution in [0.15, 0.2) is 53.7 Å². The lowest BCUT2D eigenvalue weighted by atomic mass is 10.1. The number of halogens is 1. The fourth-order valence-corrected chi connectivity index (χ4v) is 4.08. The monoisotopic (exact) mass is 424 g/mol. The number of ether oxygens (including phenoxy) is 1. The molecule has 0 saturated heterocycles. The molecule has 4 rings (SSSR count). The Morgan fingerprint density at radius 3 is 2.73 bits per heavy atom. The molecule has 2 aromatic carbocycles. The number of hydrogen-bond donors (Lipinski definition) is 1. The maximum atomic E-state index is 13.0. The average Bonchev–Trinajstić information content (AvgIpc) is 3.16. The minimum Gasteiger partial charge on any atom is -0.497 e. The molecular weight excluding hydrogens is 403 g/mol. The van der Waals surface area contributed by atoms with Crippen LogP contribution in [0.25, 0.3) is 16.6 Å². The minimum atomic E-state index is -0.264. The van der Waals surface area contributed by atoms with Gasteiger partial charge in [-0.3, -0.25) is 9.20 Å². The Labute approximate surface area is 177 Å². The second-order valence-electron chi connectivity index (χ2n) is 6.90. The fourth-order valence-electron chi connectivity index (χ4n) is 3.30. The van der Waals surface area contributed by atoms with Crippen molar-refractivity contribution < 1.29 is 13.9 Å². The van der Waals surface area contributed by atoms with E-state index in [2.05, 4.69) is 15.5 Å². The number of pyridine rings is 1. The van der Waals surface area contributed by atoms with Crippen molar-refractivity contribution in [1.82, 2.24) is 19.9 Å². The Bertz CT molecular complexity index is 1210. The fraction of sp³-hybridized carbons (Fsp3) is 0.227. The highest BCUT2D eigenvalue weighted by molar-refractivity contribution is 7.99. The zero-order chi connectivity index (χ0) is 21.1. The molecule has 1 N–H and O–H groups in total. The first-order chi connectivity index (χ1) is 14.5. The average molecular weight is 425 g/mol. The van der Waals surface area contributed by atoms with E-state index in [0.29, 0.717) is 18.1 Å². The third-order valence-electron chi connectivity index (χ3n) is 4.86. The van der Waals surface area contributed by atoms with Crippen LogP contribution in [0.2, 0.25) is 0 Å². The molecule has 8 heteroatoms. The van der Waals surface area contributed by atoms with Gasteiger partial charge in [-0.2, -0.15) is 0 Å². The van der Waals surface area contributed by atoms with Gasteiger partial charge in [0.2, 0.25) is 5.91 Å². The smallest absolute Gasteiger partial charge is 0.230 e. The van der Waals surface area contributed by atoms with Gasteiger partial charge >= 0.3 is 0 Å². The lowest BCUT2D eigenvalue weighted by molar-refractivity contribution is -0.118.